The van der Waals surface area contributed by atoms with Crippen molar-refractivity contribution in [2.75, 3.05) is 5.32 Å². The summed E-state index contributed by atoms with van der Waals surface area (Å²) >= 11 is 7.87. The van der Waals surface area contributed by atoms with Crippen LogP contribution in [-0.2, 0) is 0 Å². The average molecular weight is 419 g/mol. The van der Waals surface area contributed by atoms with E-state index in [1.54, 1.807) is 18.2 Å². The van der Waals surface area contributed by atoms with Gasteiger partial charge in [-0.3, -0.25) is 4.79 Å². The van der Waals surface area contributed by atoms with Gasteiger partial charge in [0.2, 0.25) is 0 Å². The molecular weight excluding hydrogens is 410 g/mol. The minimum Gasteiger partial charge on any atom is -0.478 e. The number of hydrogen-bond acceptors (Lipinski definition) is 3. The zero-order valence-electron chi connectivity index (χ0n) is 10.2. The maximum atomic E-state index is 12.1. The van der Waals surface area contributed by atoms with E-state index in [2.05, 4.69) is 37.2 Å². The first-order valence-corrected chi connectivity index (χ1v) is 7.89. The van der Waals surface area contributed by atoms with Crippen LogP contribution in [0.1, 0.15) is 25.6 Å². The molecule has 0 aliphatic rings. The molecule has 0 fully saturated rings. The smallest absolute Gasteiger partial charge is 0.337 e. The molecule has 0 radical (unpaired) electrons. The summed E-state index contributed by atoms with van der Waals surface area (Å²) in [5.74, 6) is -1.42. The molecule has 0 saturated carbocycles. The third kappa shape index (κ3) is 3.28. The van der Waals surface area contributed by atoms with Crippen molar-refractivity contribution in [2.45, 2.75) is 6.92 Å². The molecule has 2 rings (SSSR count). The van der Waals surface area contributed by atoms with Crippen molar-refractivity contribution in [3.63, 3.8) is 0 Å². The van der Waals surface area contributed by atoms with E-state index in [0.717, 1.165) is 9.35 Å². The van der Waals surface area contributed by atoms with Crippen LogP contribution in [0.3, 0.4) is 0 Å². The van der Waals surface area contributed by atoms with Gasteiger partial charge in [0, 0.05) is 4.47 Å². The molecule has 0 aliphatic carbocycles. The van der Waals surface area contributed by atoms with Crippen molar-refractivity contribution < 1.29 is 14.7 Å². The van der Waals surface area contributed by atoms with Crippen LogP contribution in [0.25, 0.3) is 0 Å². The molecule has 0 saturated heterocycles. The molecule has 0 aliphatic heterocycles. The monoisotopic (exact) mass is 417 g/mol. The number of anilines is 1. The summed E-state index contributed by atoms with van der Waals surface area (Å²) in [6.45, 7) is 1.89. The number of hydrogen-bond donors (Lipinski definition) is 2. The van der Waals surface area contributed by atoms with Gasteiger partial charge in [0.05, 0.1) is 19.9 Å². The molecule has 1 aromatic heterocycles. The minimum atomic E-state index is -1.09. The lowest BCUT2D eigenvalue weighted by atomic mass is 10.2. The van der Waals surface area contributed by atoms with E-state index in [9.17, 15) is 9.59 Å². The summed E-state index contributed by atoms with van der Waals surface area (Å²) in [6, 6.07) is 6.44. The van der Waals surface area contributed by atoms with Gasteiger partial charge in [-0.2, -0.15) is 0 Å². The summed E-state index contributed by atoms with van der Waals surface area (Å²) in [6.07, 6.45) is 0. The van der Waals surface area contributed by atoms with Gasteiger partial charge in [0.25, 0.3) is 5.91 Å². The van der Waals surface area contributed by atoms with Crippen LogP contribution in [0.4, 0.5) is 5.69 Å². The van der Waals surface area contributed by atoms with Crippen molar-refractivity contribution in [1.29, 1.82) is 0 Å². The Morgan fingerprint density at radius 1 is 1.25 bits per heavy atom. The Labute approximate surface area is 136 Å². The zero-order chi connectivity index (χ0) is 14.9. The first kappa shape index (κ1) is 15.2. The van der Waals surface area contributed by atoms with Gasteiger partial charge in [-0.25, -0.2) is 4.79 Å². The Morgan fingerprint density at radius 2 is 1.95 bits per heavy atom. The molecule has 0 unspecified atom stereocenters. The Balaban J connectivity index is 2.30. The fourth-order valence-electron chi connectivity index (χ4n) is 1.56. The van der Waals surface area contributed by atoms with Crippen LogP contribution >= 0.6 is 43.2 Å². The van der Waals surface area contributed by atoms with Crippen molar-refractivity contribution in [2.24, 2.45) is 0 Å². The number of aromatic carboxylic acids is 1. The number of aryl methyl sites for hydroxylation is 1. The van der Waals surface area contributed by atoms with Crippen LogP contribution in [0.5, 0.6) is 0 Å². The Bertz CT molecular complexity index is 677. The number of carbonyl (C=O) groups excluding carboxylic acids is 1. The van der Waals surface area contributed by atoms with Gasteiger partial charge in [0.1, 0.15) is 0 Å². The first-order valence-electron chi connectivity index (χ1n) is 5.48. The predicted octanol–water partition coefficient (Wildman–Crippen LogP) is 4.53. The molecule has 4 nitrogen and oxygen atoms in total. The van der Waals surface area contributed by atoms with Crippen molar-refractivity contribution in [1.82, 2.24) is 0 Å². The topological polar surface area (TPSA) is 66.4 Å². The van der Waals surface area contributed by atoms with E-state index in [0.29, 0.717) is 9.35 Å². The van der Waals surface area contributed by atoms with Crippen LogP contribution in [0.2, 0.25) is 0 Å². The molecule has 0 spiro atoms. The second-order valence-corrected chi connectivity index (χ2v) is 7.30. The number of rotatable bonds is 3. The molecule has 2 N–H and O–H groups in total. The Morgan fingerprint density at radius 3 is 2.50 bits per heavy atom. The number of carboxylic acid groups (broad SMARTS) is 1. The minimum absolute atomic E-state index is 0.0417. The van der Waals surface area contributed by atoms with E-state index in [1.807, 2.05) is 6.92 Å². The SMILES string of the molecule is Cc1cc(C(=O)Nc2ccc(Br)cc2C(=O)O)sc1Br. The lowest BCUT2D eigenvalue weighted by Crippen LogP contribution is -2.13. The highest BCUT2D eigenvalue weighted by atomic mass is 79.9. The third-order valence-corrected chi connectivity index (χ3v) is 5.17. The molecule has 0 bridgehead atoms. The molecule has 2 aromatic rings. The number of carbonyl (C=O) groups is 2. The van der Waals surface area contributed by atoms with E-state index >= 15 is 0 Å². The molecule has 104 valence electrons. The summed E-state index contributed by atoms with van der Waals surface area (Å²) in [5.41, 5.74) is 1.28. The number of benzene rings is 1. The zero-order valence-corrected chi connectivity index (χ0v) is 14.2. The largest absolute Gasteiger partial charge is 0.478 e. The molecule has 1 heterocycles. The third-order valence-electron chi connectivity index (χ3n) is 2.54. The second kappa shape index (κ2) is 6.07. The van der Waals surface area contributed by atoms with Crippen molar-refractivity contribution in [3.05, 3.63) is 48.5 Å². The summed E-state index contributed by atoms with van der Waals surface area (Å²) in [7, 11) is 0. The molecule has 0 atom stereocenters. The van der Waals surface area contributed by atoms with E-state index in [-0.39, 0.29) is 17.2 Å². The molecule has 1 amide bonds. The summed E-state index contributed by atoms with van der Waals surface area (Å²) in [5, 5.41) is 11.8. The maximum absolute atomic E-state index is 12.1. The van der Waals surface area contributed by atoms with E-state index < -0.39 is 5.97 Å². The standard InChI is InChI=1S/C13H9Br2NO3S/c1-6-4-10(20-11(6)15)12(17)16-9-3-2-7(14)5-8(9)13(18)19/h2-5H,1H3,(H,16,17)(H,18,19). The number of carboxylic acids is 1. The van der Waals surface area contributed by atoms with Gasteiger partial charge in [-0.1, -0.05) is 15.9 Å². The number of amides is 1. The fourth-order valence-corrected chi connectivity index (χ4v) is 3.35. The molecule has 7 heteroatoms. The second-order valence-electron chi connectivity index (χ2n) is 4.02. The summed E-state index contributed by atoms with van der Waals surface area (Å²) < 4.78 is 1.53. The predicted molar refractivity (Wildman–Crippen MR) is 85.8 cm³/mol. The fraction of sp³-hybridized carbons (Fsp3) is 0.0769. The van der Waals surface area contributed by atoms with Crippen LogP contribution in [-0.4, -0.2) is 17.0 Å². The Kier molecular flexibility index (Phi) is 4.62. The van der Waals surface area contributed by atoms with E-state index in [4.69, 9.17) is 5.11 Å². The van der Waals surface area contributed by atoms with Gasteiger partial charge >= 0.3 is 5.97 Å². The van der Waals surface area contributed by atoms with Gasteiger partial charge < -0.3 is 10.4 Å². The number of halogens is 2. The van der Waals surface area contributed by atoms with Crippen LogP contribution < -0.4 is 5.32 Å². The lowest BCUT2D eigenvalue weighted by molar-refractivity contribution is 0.0698. The normalized spacial score (nSPS) is 10.3. The first-order chi connectivity index (χ1) is 9.38. The van der Waals surface area contributed by atoms with E-state index in [1.165, 1.54) is 17.4 Å². The van der Waals surface area contributed by atoms with Gasteiger partial charge in [0.15, 0.2) is 0 Å². The summed E-state index contributed by atoms with van der Waals surface area (Å²) in [4.78, 5) is 23.8. The number of thiophene rings is 1. The van der Waals surface area contributed by atoms with Crippen molar-refractivity contribution in [3.8, 4) is 0 Å². The molecular formula is C13H9Br2NO3S. The van der Waals surface area contributed by atoms with Crippen molar-refractivity contribution >= 4 is 60.8 Å². The van der Waals surface area contributed by atoms with Crippen LogP contribution in [0.15, 0.2) is 32.5 Å². The highest BCUT2D eigenvalue weighted by Crippen LogP contribution is 2.28. The Hall–Kier alpha value is -1.18. The average Bonchev–Trinajstić information content (AvgIpc) is 2.71. The van der Waals surface area contributed by atoms with Crippen LogP contribution in [0, 0.1) is 6.92 Å². The van der Waals surface area contributed by atoms with Gasteiger partial charge in [-0.15, -0.1) is 11.3 Å². The highest BCUT2D eigenvalue weighted by molar-refractivity contribution is 9.11. The number of nitrogens with one attached hydrogen (secondary N) is 1. The van der Waals surface area contributed by atoms with Gasteiger partial charge in [-0.05, 0) is 52.7 Å². The quantitative estimate of drug-likeness (QED) is 0.769. The lowest BCUT2D eigenvalue weighted by Gasteiger charge is -2.07. The molecule has 20 heavy (non-hydrogen) atoms. The molecule has 1 aromatic carbocycles. The highest BCUT2D eigenvalue weighted by Gasteiger charge is 2.16. The maximum Gasteiger partial charge on any atom is 0.337 e.